The lowest BCUT2D eigenvalue weighted by molar-refractivity contribution is -0.384. The molecule has 3 aromatic rings. The second kappa shape index (κ2) is 10.1. The zero-order chi connectivity index (χ0) is 23.3. The molecule has 0 saturated carbocycles. The number of hydrogen-bond donors (Lipinski definition) is 2. The first-order valence-electron chi connectivity index (χ1n) is 10.0. The van der Waals surface area contributed by atoms with Crippen LogP contribution >= 0.6 is 11.6 Å². The molecule has 9 heteroatoms. The molecule has 2 amide bonds. The number of furan rings is 1. The number of nitro groups is 1. The fourth-order valence-corrected chi connectivity index (χ4v) is 3.17. The molecule has 0 aliphatic carbocycles. The molecule has 1 unspecified atom stereocenters. The summed E-state index contributed by atoms with van der Waals surface area (Å²) in [6.07, 6.45) is 0.748. The Labute approximate surface area is 189 Å². The van der Waals surface area contributed by atoms with Crippen molar-refractivity contribution >= 4 is 34.8 Å². The van der Waals surface area contributed by atoms with Gasteiger partial charge < -0.3 is 15.1 Å². The second-order valence-corrected chi connectivity index (χ2v) is 7.67. The molecule has 32 heavy (non-hydrogen) atoms. The highest BCUT2D eigenvalue weighted by Crippen LogP contribution is 2.32. The molecule has 8 nitrogen and oxygen atoms in total. The van der Waals surface area contributed by atoms with E-state index in [1.807, 2.05) is 19.9 Å². The number of benzene rings is 2. The number of amides is 2. The molecule has 1 heterocycles. The van der Waals surface area contributed by atoms with Crippen molar-refractivity contribution in [2.75, 3.05) is 5.32 Å². The van der Waals surface area contributed by atoms with Crippen molar-refractivity contribution in [3.8, 4) is 11.3 Å². The van der Waals surface area contributed by atoms with Gasteiger partial charge in [-0.05, 0) is 42.3 Å². The maximum atomic E-state index is 12.5. The van der Waals surface area contributed by atoms with Crippen molar-refractivity contribution in [1.29, 1.82) is 0 Å². The van der Waals surface area contributed by atoms with Crippen LogP contribution in [0.4, 0.5) is 11.4 Å². The molecule has 3 rings (SSSR count). The zero-order valence-corrected chi connectivity index (χ0v) is 18.3. The van der Waals surface area contributed by atoms with Gasteiger partial charge >= 0.3 is 0 Å². The number of hydrogen-bond acceptors (Lipinski definition) is 5. The van der Waals surface area contributed by atoms with Crippen LogP contribution in [-0.2, 0) is 11.3 Å². The van der Waals surface area contributed by atoms with Crippen LogP contribution in [0, 0.1) is 16.0 Å². The maximum Gasteiger partial charge on any atom is 0.287 e. The number of anilines is 1. The summed E-state index contributed by atoms with van der Waals surface area (Å²) in [5.41, 5.74) is 1.78. The van der Waals surface area contributed by atoms with E-state index in [4.69, 9.17) is 16.0 Å². The Bertz CT molecular complexity index is 1160. The number of nitrogens with one attached hydrogen (secondary N) is 2. The molecule has 1 aromatic heterocycles. The Morgan fingerprint density at radius 1 is 1.16 bits per heavy atom. The molecule has 2 N–H and O–H groups in total. The number of nitrogens with zero attached hydrogens (tertiary/aromatic N) is 1. The van der Waals surface area contributed by atoms with Crippen molar-refractivity contribution in [3.05, 3.63) is 81.1 Å². The largest absolute Gasteiger partial charge is 0.451 e. The number of carbonyl (C=O) groups excluding carboxylic acids is 2. The normalized spacial score (nSPS) is 11.6. The minimum atomic E-state index is -0.540. The second-order valence-electron chi connectivity index (χ2n) is 7.27. The Morgan fingerprint density at radius 2 is 1.94 bits per heavy atom. The molecule has 2 aromatic carbocycles. The summed E-state index contributed by atoms with van der Waals surface area (Å²) in [5, 5.41) is 16.6. The van der Waals surface area contributed by atoms with Gasteiger partial charge in [-0.15, -0.1) is 0 Å². The highest BCUT2D eigenvalue weighted by atomic mass is 35.5. The van der Waals surface area contributed by atoms with Crippen LogP contribution in [0.5, 0.6) is 0 Å². The van der Waals surface area contributed by atoms with E-state index in [1.165, 1.54) is 24.3 Å². The average molecular weight is 456 g/mol. The Morgan fingerprint density at radius 3 is 2.62 bits per heavy atom. The quantitative estimate of drug-likeness (QED) is 0.347. The Balaban J connectivity index is 1.64. The van der Waals surface area contributed by atoms with Gasteiger partial charge in [0.25, 0.3) is 11.6 Å². The van der Waals surface area contributed by atoms with Crippen LogP contribution in [0.15, 0.2) is 59.0 Å². The Kier molecular flexibility index (Phi) is 7.27. The molecule has 0 aliphatic heterocycles. The van der Waals surface area contributed by atoms with Crippen LogP contribution < -0.4 is 10.6 Å². The lowest BCUT2D eigenvalue weighted by Crippen LogP contribution is -2.22. The molecular weight excluding hydrogens is 434 g/mol. The van der Waals surface area contributed by atoms with Crippen LogP contribution in [-0.4, -0.2) is 16.7 Å². The van der Waals surface area contributed by atoms with Crippen molar-refractivity contribution in [2.24, 2.45) is 5.92 Å². The standard InChI is InChI=1S/C23H22ClN3O5/c1-3-14(2)22(28)26-16-6-4-5-15(11-16)13-25-23(29)21-10-9-20(32-21)18-8-7-17(27(30)31)12-19(18)24/h4-12,14H,3,13H2,1-2H3,(H,25,29)(H,26,28). The van der Waals surface area contributed by atoms with Gasteiger partial charge in [-0.2, -0.15) is 0 Å². The SMILES string of the molecule is CCC(C)C(=O)Nc1cccc(CNC(=O)c2ccc(-c3ccc([N+](=O)[O-])cc3Cl)o2)c1. The highest BCUT2D eigenvalue weighted by Gasteiger charge is 2.16. The topological polar surface area (TPSA) is 114 Å². The summed E-state index contributed by atoms with van der Waals surface area (Å²) in [6, 6.07) is 14.3. The van der Waals surface area contributed by atoms with Gasteiger partial charge in [0.1, 0.15) is 5.76 Å². The third-order valence-electron chi connectivity index (χ3n) is 4.97. The van der Waals surface area contributed by atoms with E-state index in [0.29, 0.717) is 17.0 Å². The number of carbonyl (C=O) groups is 2. The predicted molar refractivity (Wildman–Crippen MR) is 122 cm³/mol. The fraction of sp³-hybridized carbons (Fsp3) is 0.217. The monoisotopic (exact) mass is 455 g/mol. The molecule has 1 atom stereocenters. The number of non-ortho nitro benzene ring substituents is 1. The van der Waals surface area contributed by atoms with E-state index in [1.54, 1.807) is 24.3 Å². The molecule has 0 spiro atoms. The van der Waals surface area contributed by atoms with Gasteiger partial charge in [0.2, 0.25) is 5.91 Å². The summed E-state index contributed by atoms with van der Waals surface area (Å²) in [5.74, 6) is -0.166. The molecule has 0 aliphatic rings. The van der Waals surface area contributed by atoms with Crippen molar-refractivity contribution in [2.45, 2.75) is 26.8 Å². The van der Waals surface area contributed by atoms with Crippen molar-refractivity contribution in [1.82, 2.24) is 5.32 Å². The maximum absolute atomic E-state index is 12.5. The van der Waals surface area contributed by atoms with Gasteiger partial charge in [0.15, 0.2) is 5.76 Å². The predicted octanol–water partition coefficient (Wildman–Crippen LogP) is 5.42. The molecule has 0 saturated heterocycles. The molecule has 0 radical (unpaired) electrons. The molecular formula is C23H22ClN3O5. The van der Waals surface area contributed by atoms with E-state index in [9.17, 15) is 19.7 Å². The third-order valence-corrected chi connectivity index (χ3v) is 5.28. The molecule has 0 bridgehead atoms. The first-order chi connectivity index (χ1) is 15.3. The number of rotatable bonds is 8. The minimum Gasteiger partial charge on any atom is -0.451 e. The third kappa shape index (κ3) is 5.53. The first-order valence-corrected chi connectivity index (χ1v) is 10.4. The molecule has 0 fully saturated rings. The summed E-state index contributed by atoms with van der Waals surface area (Å²) in [7, 11) is 0. The lowest BCUT2D eigenvalue weighted by atomic mass is 10.1. The van der Waals surface area contributed by atoms with Gasteiger partial charge in [0.05, 0.1) is 9.95 Å². The lowest BCUT2D eigenvalue weighted by Gasteiger charge is -2.11. The van der Waals surface area contributed by atoms with E-state index in [-0.39, 0.29) is 34.8 Å². The smallest absolute Gasteiger partial charge is 0.287 e. The van der Waals surface area contributed by atoms with E-state index in [2.05, 4.69) is 10.6 Å². The average Bonchev–Trinajstić information content (AvgIpc) is 3.27. The van der Waals surface area contributed by atoms with E-state index < -0.39 is 10.8 Å². The number of nitro benzene ring substituents is 1. The van der Waals surface area contributed by atoms with Gasteiger partial charge in [0, 0.05) is 35.8 Å². The summed E-state index contributed by atoms with van der Waals surface area (Å²) >= 11 is 6.12. The van der Waals surface area contributed by atoms with Gasteiger partial charge in [-0.1, -0.05) is 37.6 Å². The van der Waals surface area contributed by atoms with Crippen molar-refractivity contribution in [3.63, 3.8) is 0 Å². The van der Waals surface area contributed by atoms with Crippen LogP contribution in [0.25, 0.3) is 11.3 Å². The van der Waals surface area contributed by atoms with Gasteiger partial charge in [-0.25, -0.2) is 0 Å². The first kappa shape index (κ1) is 23.0. The van der Waals surface area contributed by atoms with Crippen molar-refractivity contribution < 1.29 is 18.9 Å². The fourth-order valence-electron chi connectivity index (χ4n) is 2.90. The van der Waals surface area contributed by atoms with Crippen LogP contribution in [0.1, 0.15) is 36.4 Å². The number of halogens is 1. The summed E-state index contributed by atoms with van der Waals surface area (Å²) in [6.45, 7) is 4.05. The zero-order valence-electron chi connectivity index (χ0n) is 17.6. The van der Waals surface area contributed by atoms with E-state index >= 15 is 0 Å². The Hall–Kier alpha value is -3.65. The molecule has 166 valence electrons. The summed E-state index contributed by atoms with van der Waals surface area (Å²) in [4.78, 5) is 34.9. The van der Waals surface area contributed by atoms with Crippen LogP contribution in [0.2, 0.25) is 5.02 Å². The summed E-state index contributed by atoms with van der Waals surface area (Å²) < 4.78 is 5.59. The van der Waals surface area contributed by atoms with E-state index in [0.717, 1.165) is 12.0 Å². The highest BCUT2D eigenvalue weighted by molar-refractivity contribution is 6.33. The minimum absolute atomic E-state index is 0.0540. The van der Waals surface area contributed by atoms with Crippen LogP contribution in [0.3, 0.4) is 0 Å². The van der Waals surface area contributed by atoms with Gasteiger partial charge in [-0.3, -0.25) is 19.7 Å².